The average Bonchev–Trinajstić information content (AvgIpc) is 3.29. The van der Waals surface area contributed by atoms with E-state index in [1.165, 1.54) is 0 Å². The number of primary amides is 1. The number of aryl methyl sites for hydroxylation is 1. The smallest absolute Gasteiger partial charge is 0.257 e. The number of aromatic nitrogens is 2. The van der Waals surface area contributed by atoms with Crippen LogP contribution in [0.3, 0.4) is 0 Å². The van der Waals surface area contributed by atoms with E-state index in [2.05, 4.69) is 24.1 Å². The zero-order valence-corrected chi connectivity index (χ0v) is 20.9. The Labute approximate surface area is 214 Å². The number of hydrogen-bond acceptors (Lipinski definition) is 6. The van der Waals surface area contributed by atoms with Crippen molar-refractivity contribution in [2.24, 2.45) is 5.73 Å². The van der Waals surface area contributed by atoms with Crippen LogP contribution in [-0.2, 0) is 13.0 Å². The van der Waals surface area contributed by atoms with Gasteiger partial charge in [0.2, 0.25) is 5.91 Å². The van der Waals surface area contributed by atoms with Crippen molar-refractivity contribution in [1.29, 1.82) is 0 Å². The van der Waals surface area contributed by atoms with Crippen molar-refractivity contribution in [3.05, 3.63) is 83.2 Å². The monoisotopic (exact) mass is 499 g/mol. The standard InChI is InChI=1S/C28H29N5O4/c1-3-22-28(32(4-2)16-18-5-11-23-24(15-18)37-14-13-36-23)33-17-20(8-12-25(33)31-22)27(35)30-21-9-6-19(7-10-21)26(29)34/h5-12,15,17H,3-4,13-14,16H2,1-2H3,(H2,29,34)(H,30,35). The van der Waals surface area contributed by atoms with Crippen LogP contribution in [-0.4, -0.2) is 41.0 Å². The summed E-state index contributed by atoms with van der Waals surface area (Å²) in [6.45, 7) is 6.68. The maximum Gasteiger partial charge on any atom is 0.257 e. The average molecular weight is 500 g/mol. The number of hydrogen-bond donors (Lipinski definition) is 2. The van der Waals surface area contributed by atoms with Crippen LogP contribution in [0.4, 0.5) is 11.5 Å². The molecular weight excluding hydrogens is 470 g/mol. The molecule has 190 valence electrons. The molecule has 0 radical (unpaired) electrons. The Morgan fingerprint density at radius 1 is 1.00 bits per heavy atom. The Hall–Kier alpha value is -4.53. The van der Waals surface area contributed by atoms with Gasteiger partial charge in [0, 0.05) is 30.5 Å². The minimum Gasteiger partial charge on any atom is -0.486 e. The third-order valence-electron chi connectivity index (χ3n) is 6.35. The van der Waals surface area contributed by atoms with Crippen LogP contribution in [0.1, 0.15) is 45.8 Å². The molecule has 0 atom stereocenters. The Kier molecular flexibility index (Phi) is 6.68. The van der Waals surface area contributed by atoms with Gasteiger partial charge in [0.1, 0.15) is 24.7 Å². The van der Waals surface area contributed by atoms with Gasteiger partial charge in [-0.05, 0) is 67.4 Å². The number of anilines is 2. The lowest BCUT2D eigenvalue weighted by atomic mass is 10.1. The highest BCUT2D eigenvalue weighted by molar-refractivity contribution is 6.04. The molecule has 0 unspecified atom stereocenters. The second-order valence-electron chi connectivity index (χ2n) is 8.77. The molecule has 0 saturated carbocycles. The molecule has 1 aliphatic rings. The van der Waals surface area contributed by atoms with Crippen molar-refractivity contribution in [3.8, 4) is 11.5 Å². The highest BCUT2D eigenvalue weighted by atomic mass is 16.6. The number of nitrogens with two attached hydrogens (primary N) is 1. The van der Waals surface area contributed by atoms with Crippen LogP contribution >= 0.6 is 0 Å². The van der Waals surface area contributed by atoms with Crippen molar-refractivity contribution in [2.75, 3.05) is 30.0 Å². The molecule has 0 aliphatic carbocycles. The molecular formula is C28H29N5O4. The number of carbonyl (C=O) groups excluding carboxylic acids is 2. The van der Waals surface area contributed by atoms with E-state index in [-0.39, 0.29) is 5.91 Å². The lowest BCUT2D eigenvalue weighted by Crippen LogP contribution is -2.25. The SMILES string of the molecule is CCc1nc2ccc(C(=O)Nc3ccc(C(N)=O)cc3)cn2c1N(CC)Cc1ccc2c(c1)OCCO2. The highest BCUT2D eigenvalue weighted by Gasteiger charge is 2.20. The van der Waals surface area contributed by atoms with E-state index in [9.17, 15) is 9.59 Å². The topological polar surface area (TPSA) is 111 Å². The number of nitrogens with zero attached hydrogens (tertiary/aromatic N) is 3. The summed E-state index contributed by atoms with van der Waals surface area (Å²) < 4.78 is 13.4. The van der Waals surface area contributed by atoms with Gasteiger partial charge in [0.25, 0.3) is 5.91 Å². The number of imidazole rings is 1. The Bertz CT molecular complexity index is 1460. The van der Waals surface area contributed by atoms with Gasteiger partial charge in [-0.15, -0.1) is 0 Å². The van der Waals surface area contributed by atoms with Gasteiger partial charge in [-0.3, -0.25) is 14.0 Å². The summed E-state index contributed by atoms with van der Waals surface area (Å²) in [6.07, 6.45) is 2.57. The molecule has 3 heterocycles. The fourth-order valence-electron chi connectivity index (χ4n) is 4.45. The predicted molar refractivity (Wildman–Crippen MR) is 142 cm³/mol. The summed E-state index contributed by atoms with van der Waals surface area (Å²) in [5, 5.41) is 2.88. The number of benzene rings is 2. The summed E-state index contributed by atoms with van der Waals surface area (Å²) >= 11 is 0. The summed E-state index contributed by atoms with van der Waals surface area (Å²) in [6, 6.07) is 16.1. The molecule has 9 heteroatoms. The number of nitrogens with one attached hydrogen (secondary N) is 1. The van der Waals surface area contributed by atoms with Crippen molar-refractivity contribution < 1.29 is 19.1 Å². The van der Waals surface area contributed by atoms with Gasteiger partial charge in [-0.2, -0.15) is 0 Å². The number of fused-ring (bicyclic) bond motifs is 2. The first-order valence-electron chi connectivity index (χ1n) is 12.3. The molecule has 37 heavy (non-hydrogen) atoms. The summed E-state index contributed by atoms with van der Waals surface area (Å²) in [7, 11) is 0. The lowest BCUT2D eigenvalue weighted by molar-refractivity contribution is 0.0998. The maximum absolute atomic E-state index is 13.1. The number of amides is 2. The molecule has 0 spiro atoms. The lowest BCUT2D eigenvalue weighted by Gasteiger charge is -2.25. The minimum absolute atomic E-state index is 0.263. The van der Waals surface area contributed by atoms with E-state index < -0.39 is 5.91 Å². The predicted octanol–water partition coefficient (Wildman–Crippen LogP) is 4.05. The molecule has 2 aromatic carbocycles. The van der Waals surface area contributed by atoms with Crippen LogP contribution < -0.4 is 25.4 Å². The van der Waals surface area contributed by atoms with Crippen molar-refractivity contribution in [3.63, 3.8) is 0 Å². The number of carbonyl (C=O) groups is 2. The second-order valence-corrected chi connectivity index (χ2v) is 8.77. The van der Waals surface area contributed by atoms with Crippen LogP contribution in [0, 0.1) is 0 Å². The third-order valence-corrected chi connectivity index (χ3v) is 6.35. The van der Waals surface area contributed by atoms with Gasteiger partial charge in [0.05, 0.1) is 11.3 Å². The van der Waals surface area contributed by atoms with E-state index >= 15 is 0 Å². The normalized spacial score (nSPS) is 12.4. The Morgan fingerprint density at radius 2 is 1.73 bits per heavy atom. The molecule has 0 fully saturated rings. The molecule has 0 saturated heterocycles. The fourth-order valence-corrected chi connectivity index (χ4v) is 4.45. The highest BCUT2D eigenvalue weighted by Crippen LogP contribution is 2.32. The van der Waals surface area contributed by atoms with Gasteiger partial charge in [0.15, 0.2) is 11.5 Å². The van der Waals surface area contributed by atoms with E-state index in [1.807, 2.05) is 34.9 Å². The fraction of sp³-hybridized carbons (Fsp3) is 0.250. The van der Waals surface area contributed by atoms with Crippen LogP contribution in [0.25, 0.3) is 5.65 Å². The van der Waals surface area contributed by atoms with Crippen LogP contribution in [0.5, 0.6) is 11.5 Å². The van der Waals surface area contributed by atoms with Gasteiger partial charge in [-0.1, -0.05) is 13.0 Å². The molecule has 0 bridgehead atoms. The second kappa shape index (κ2) is 10.2. The van der Waals surface area contributed by atoms with Crippen molar-refractivity contribution in [1.82, 2.24) is 9.38 Å². The van der Waals surface area contributed by atoms with Gasteiger partial charge in [-0.25, -0.2) is 4.98 Å². The largest absolute Gasteiger partial charge is 0.486 e. The summed E-state index contributed by atoms with van der Waals surface area (Å²) in [5.41, 5.74) is 9.57. The first-order chi connectivity index (χ1) is 18.0. The third kappa shape index (κ3) is 4.93. The zero-order valence-electron chi connectivity index (χ0n) is 20.9. The van der Waals surface area contributed by atoms with Crippen molar-refractivity contribution in [2.45, 2.75) is 26.8 Å². The van der Waals surface area contributed by atoms with E-state index in [0.717, 1.165) is 47.2 Å². The first kappa shape index (κ1) is 24.2. The minimum atomic E-state index is -0.514. The molecule has 5 rings (SSSR count). The molecule has 4 aromatic rings. The van der Waals surface area contributed by atoms with E-state index in [0.29, 0.717) is 36.6 Å². The Morgan fingerprint density at radius 3 is 2.43 bits per heavy atom. The van der Waals surface area contributed by atoms with Gasteiger partial charge >= 0.3 is 0 Å². The quantitative estimate of drug-likeness (QED) is 0.378. The van der Waals surface area contributed by atoms with Gasteiger partial charge < -0.3 is 25.4 Å². The number of rotatable bonds is 8. The van der Waals surface area contributed by atoms with Crippen molar-refractivity contribution >= 4 is 29.0 Å². The first-order valence-corrected chi connectivity index (χ1v) is 12.3. The molecule has 2 aromatic heterocycles. The number of ether oxygens (including phenoxy) is 2. The van der Waals surface area contributed by atoms with E-state index in [4.69, 9.17) is 20.2 Å². The zero-order chi connectivity index (χ0) is 25.9. The molecule has 1 aliphatic heterocycles. The maximum atomic E-state index is 13.1. The number of pyridine rings is 1. The summed E-state index contributed by atoms with van der Waals surface area (Å²) in [4.78, 5) is 31.4. The molecule has 2 amide bonds. The van der Waals surface area contributed by atoms with Crippen LogP contribution in [0.15, 0.2) is 60.8 Å². The molecule has 9 nitrogen and oxygen atoms in total. The van der Waals surface area contributed by atoms with E-state index in [1.54, 1.807) is 30.3 Å². The Balaban J connectivity index is 1.44. The summed E-state index contributed by atoms with van der Waals surface area (Å²) in [5.74, 6) is 1.70. The van der Waals surface area contributed by atoms with Crippen LogP contribution in [0.2, 0.25) is 0 Å². The molecule has 3 N–H and O–H groups in total.